The van der Waals surface area contributed by atoms with E-state index in [-0.39, 0.29) is 16.1 Å². The molecule has 0 aromatic heterocycles. The van der Waals surface area contributed by atoms with Gasteiger partial charge in [-0.25, -0.2) is 17.5 Å². The summed E-state index contributed by atoms with van der Waals surface area (Å²) in [5.74, 6) is -1.32. The van der Waals surface area contributed by atoms with Crippen molar-refractivity contribution in [3.05, 3.63) is 23.8 Å². The maximum atomic E-state index is 12.5. The monoisotopic (exact) mass is 315 g/mol. The number of nitrogens with zero attached hydrogens (tertiary/aromatic N) is 2. The van der Waals surface area contributed by atoms with Crippen molar-refractivity contribution < 1.29 is 18.3 Å². The molecule has 0 unspecified atom stereocenters. The minimum atomic E-state index is -3.85. The summed E-state index contributed by atoms with van der Waals surface area (Å²) in [5.41, 5.74) is 5.42. The van der Waals surface area contributed by atoms with Crippen molar-refractivity contribution >= 4 is 21.7 Å². The highest BCUT2D eigenvalue weighted by molar-refractivity contribution is 7.89. The SMILES string of the molecule is CN(C)CCCN(C)S(=O)(=O)c1ccc(N)cc1C(=O)O. The summed E-state index contributed by atoms with van der Waals surface area (Å²) in [6.07, 6.45) is 0.653. The Balaban J connectivity index is 3.05. The summed E-state index contributed by atoms with van der Waals surface area (Å²) in [6.45, 7) is 1.05. The van der Waals surface area contributed by atoms with Gasteiger partial charge >= 0.3 is 5.97 Å². The van der Waals surface area contributed by atoms with Gasteiger partial charge in [-0.3, -0.25) is 0 Å². The van der Waals surface area contributed by atoms with Gasteiger partial charge in [0.25, 0.3) is 0 Å². The summed E-state index contributed by atoms with van der Waals surface area (Å²) < 4.78 is 26.1. The third kappa shape index (κ3) is 4.42. The van der Waals surface area contributed by atoms with Crippen molar-refractivity contribution in [1.29, 1.82) is 0 Å². The minimum Gasteiger partial charge on any atom is -0.478 e. The minimum absolute atomic E-state index is 0.210. The molecule has 1 aromatic carbocycles. The summed E-state index contributed by atoms with van der Waals surface area (Å²) in [6, 6.07) is 3.77. The lowest BCUT2D eigenvalue weighted by atomic mass is 10.2. The summed E-state index contributed by atoms with van der Waals surface area (Å²) in [4.78, 5) is 12.9. The molecule has 7 nitrogen and oxygen atoms in total. The summed E-state index contributed by atoms with van der Waals surface area (Å²) >= 11 is 0. The van der Waals surface area contributed by atoms with Crippen LogP contribution in [0.15, 0.2) is 23.1 Å². The van der Waals surface area contributed by atoms with Crippen LogP contribution in [0.1, 0.15) is 16.8 Å². The van der Waals surface area contributed by atoms with Crippen molar-refractivity contribution in [2.75, 3.05) is 40.0 Å². The highest BCUT2D eigenvalue weighted by Crippen LogP contribution is 2.22. The van der Waals surface area contributed by atoms with E-state index >= 15 is 0 Å². The lowest BCUT2D eigenvalue weighted by Gasteiger charge is -2.19. The maximum Gasteiger partial charge on any atom is 0.337 e. The van der Waals surface area contributed by atoms with Gasteiger partial charge < -0.3 is 15.7 Å². The number of carboxylic acids is 1. The van der Waals surface area contributed by atoms with Crippen LogP contribution in [-0.2, 0) is 10.0 Å². The number of nitrogen functional groups attached to an aromatic ring is 1. The topological polar surface area (TPSA) is 104 Å². The second-order valence-electron chi connectivity index (χ2n) is 5.04. The average molecular weight is 315 g/mol. The van der Waals surface area contributed by atoms with Gasteiger partial charge in [0, 0.05) is 19.3 Å². The molecule has 3 N–H and O–H groups in total. The van der Waals surface area contributed by atoms with Crippen LogP contribution in [0.25, 0.3) is 0 Å². The van der Waals surface area contributed by atoms with Gasteiger partial charge in [-0.05, 0) is 45.3 Å². The molecule has 0 atom stereocenters. The summed E-state index contributed by atoms with van der Waals surface area (Å²) in [7, 11) is 1.39. The van der Waals surface area contributed by atoms with E-state index in [4.69, 9.17) is 10.8 Å². The Kier molecular flexibility index (Phi) is 5.70. The van der Waals surface area contributed by atoms with E-state index in [2.05, 4.69) is 0 Å². The Morgan fingerprint density at radius 2 is 1.86 bits per heavy atom. The predicted molar refractivity (Wildman–Crippen MR) is 80.8 cm³/mol. The first-order valence-electron chi connectivity index (χ1n) is 6.40. The number of hydrogen-bond donors (Lipinski definition) is 2. The molecule has 0 saturated carbocycles. The number of aromatic carboxylic acids is 1. The molecule has 8 heteroatoms. The lowest BCUT2D eigenvalue weighted by Crippen LogP contribution is -2.31. The molecule has 0 saturated heterocycles. The second kappa shape index (κ2) is 6.88. The van der Waals surface area contributed by atoms with E-state index in [1.807, 2.05) is 19.0 Å². The van der Waals surface area contributed by atoms with E-state index in [0.717, 1.165) is 16.9 Å². The largest absolute Gasteiger partial charge is 0.478 e. The fourth-order valence-corrected chi connectivity index (χ4v) is 3.21. The van der Waals surface area contributed by atoms with Crippen molar-refractivity contribution in [3.8, 4) is 0 Å². The molecular formula is C13H21N3O4S. The Morgan fingerprint density at radius 1 is 1.24 bits per heavy atom. The molecule has 0 fully saturated rings. The first-order chi connectivity index (χ1) is 9.66. The summed E-state index contributed by atoms with van der Waals surface area (Å²) in [5, 5.41) is 9.14. The molecule has 21 heavy (non-hydrogen) atoms. The fraction of sp³-hybridized carbons (Fsp3) is 0.462. The molecule has 0 bridgehead atoms. The van der Waals surface area contributed by atoms with E-state index in [1.165, 1.54) is 19.2 Å². The van der Waals surface area contributed by atoms with E-state index in [1.54, 1.807) is 0 Å². The van der Waals surface area contributed by atoms with Crippen LogP contribution in [0, 0.1) is 0 Å². The van der Waals surface area contributed by atoms with Gasteiger partial charge in [0.05, 0.1) is 10.5 Å². The number of benzene rings is 1. The van der Waals surface area contributed by atoms with Gasteiger partial charge in [0.15, 0.2) is 0 Å². The van der Waals surface area contributed by atoms with Crippen molar-refractivity contribution in [2.45, 2.75) is 11.3 Å². The van der Waals surface area contributed by atoms with Crippen molar-refractivity contribution in [1.82, 2.24) is 9.21 Å². The van der Waals surface area contributed by atoms with Crippen LogP contribution in [0.4, 0.5) is 5.69 Å². The van der Waals surface area contributed by atoms with Crippen LogP contribution in [-0.4, -0.2) is 62.9 Å². The van der Waals surface area contributed by atoms with Crippen LogP contribution >= 0.6 is 0 Å². The van der Waals surface area contributed by atoms with Crippen LogP contribution in [0.3, 0.4) is 0 Å². The molecule has 0 spiro atoms. The smallest absolute Gasteiger partial charge is 0.337 e. The van der Waals surface area contributed by atoms with Crippen LogP contribution < -0.4 is 5.73 Å². The van der Waals surface area contributed by atoms with E-state index in [9.17, 15) is 13.2 Å². The maximum absolute atomic E-state index is 12.5. The Hall–Kier alpha value is -1.64. The van der Waals surface area contributed by atoms with Gasteiger partial charge in [-0.1, -0.05) is 0 Å². The molecule has 0 aliphatic heterocycles. The number of sulfonamides is 1. The third-order valence-electron chi connectivity index (χ3n) is 3.00. The molecule has 1 aromatic rings. The highest BCUT2D eigenvalue weighted by Gasteiger charge is 2.26. The van der Waals surface area contributed by atoms with Crippen molar-refractivity contribution in [2.24, 2.45) is 0 Å². The Bertz CT molecular complexity index is 614. The first kappa shape index (κ1) is 17.4. The van der Waals surface area contributed by atoms with Gasteiger partial charge in [0.2, 0.25) is 10.0 Å². The first-order valence-corrected chi connectivity index (χ1v) is 7.84. The second-order valence-corrected chi connectivity index (χ2v) is 7.06. The van der Waals surface area contributed by atoms with Gasteiger partial charge in [-0.2, -0.15) is 0 Å². The number of anilines is 1. The quantitative estimate of drug-likeness (QED) is 0.712. The average Bonchev–Trinajstić information content (AvgIpc) is 2.37. The molecule has 0 heterocycles. The number of hydrogen-bond acceptors (Lipinski definition) is 5. The number of nitrogens with two attached hydrogens (primary N) is 1. The predicted octanol–water partition coefficient (Wildman–Crippen LogP) is 0.539. The van der Waals surface area contributed by atoms with E-state index < -0.39 is 16.0 Å². The fourth-order valence-electron chi connectivity index (χ4n) is 1.84. The van der Waals surface area contributed by atoms with Crippen molar-refractivity contribution in [3.63, 3.8) is 0 Å². The molecular weight excluding hydrogens is 294 g/mol. The lowest BCUT2D eigenvalue weighted by molar-refractivity contribution is 0.0692. The highest BCUT2D eigenvalue weighted by atomic mass is 32.2. The van der Waals surface area contributed by atoms with E-state index in [0.29, 0.717) is 13.0 Å². The molecule has 0 radical (unpaired) electrons. The standard InChI is InChI=1S/C13H21N3O4S/c1-15(2)7-4-8-16(3)21(19,20)12-6-5-10(14)9-11(12)13(17)18/h5-6,9H,4,7-8,14H2,1-3H3,(H,17,18). The molecule has 0 amide bonds. The number of carbonyl (C=O) groups is 1. The third-order valence-corrected chi connectivity index (χ3v) is 4.92. The Labute approximate surface area is 125 Å². The van der Waals surface area contributed by atoms with Crippen LogP contribution in [0.5, 0.6) is 0 Å². The number of rotatable bonds is 7. The molecule has 0 aliphatic carbocycles. The zero-order chi connectivity index (χ0) is 16.2. The van der Waals surface area contributed by atoms with Gasteiger partial charge in [0.1, 0.15) is 0 Å². The normalized spacial score (nSPS) is 12.0. The zero-order valence-corrected chi connectivity index (χ0v) is 13.2. The number of carboxylic acid groups (broad SMARTS) is 1. The Morgan fingerprint density at radius 3 is 2.38 bits per heavy atom. The molecule has 0 aliphatic rings. The van der Waals surface area contributed by atoms with Crippen LogP contribution in [0.2, 0.25) is 0 Å². The molecule has 1 rings (SSSR count). The molecule has 118 valence electrons. The zero-order valence-electron chi connectivity index (χ0n) is 12.4. The van der Waals surface area contributed by atoms with Gasteiger partial charge in [-0.15, -0.1) is 0 Å².